The molecule has 1 saturated carbocycles. The number of nitrogens with two attached hydrogens (primary N) is 1. The number of hydrogen-bond acceptors (Lipinski definition) is 3. The molecule has 2 N–H and O–H groups in total. The molecule has 0 aromatic rings. The van der Waals surface area contributed by atoms with E-state index >= 15 is 0 Å². The lowest BCUT2D eigenvalue weighted by Gasteiger charge is -2.33. The van der Waals surface area contributed by atoms with Crippen molar-refractivity contribution in [3.8, 4) is 0 Å². The molecule has 1 fully saturated rings. The maximum absolute atomic E-state index is 12.0. The Morgan fingerprint density at radius 1 is 1.33 bits per heavy atom. The van der Waals surface area contributed by atoms with Gasteiger partial charge in [-0.05, 0) is 51.5 Å². The Hall–Kier alpha value is -0.0900. The Morgan fingerprint density at radius 3 is 2.33 bits per heavy atom. The summed E-state index contributed by atoms with van der Waals surface area (Å²) in [6.07, 6.45) is 2.56. The molecule has 1 aliphatic carbocycles. The first-order valence-corrected chi connectivity index (χ1v) is 7.43. The average Bonchev–Trinajstić information content (AvgIpc) is 2.17. The highest BCUT2D eigenvalue weighted by Crippen LogP contribution is 2.33. The van der Waals surface area contributed by atoms with Gasteiger partial charge in [-0.25, -0.2) is 8.42 Å². The summed E-state index contributed by atoms with van der Waals surface area (Å²) in [6.45, 7) is 6.36. The predicted octanol–water partition coefficient (Wildman–Crippen LogP) is 1.57. The van der Waals surface area contributed by atoms with E-state index in [1.54, 1.807) is 13.8 Å². The second-order valence-electron chi connectivity index (χ2n) is 5.05. The lowest BCUT2D eigenvalue weighted by Crippen LogP contribution is -2.37. The summed E-state index contributed by atoms with van der Waals surface area (Å²) in [6, 6.07) is 0. The first-order chi connectivity index (χ1) is 6.89. The van der Waals surface area contributed by atoms with Crippen molar-refractivity contribution < 1.29 is 8.42 Å². The Labute approximate surface area is 93.3 Å². The lowest BCUT2D eigenvalue weighted by atomic mass is 9.80. The van der Waals surface area contributed by atoms with Crippen molar-refractivity contribution in [3.63, 3.8) is 0 Å². The molecule has 0 aromatic heterocycles. The maximum atomic E-state index is 12.0. The van der Waals surface area contributed by atoms with E-state index in [1.165, 1.54) is 0 Å². The van der Waals surface area contributed by atoms with Crippen molar-refractivity contribution in [1.29, 1.82) is 0 Å². The second kappa shape index (κ2) is 4.83. The number of sulfone groups is 1. The summed E-state index contributed by atoms with van der Waals surface area (Å²) < 4.78 is 24.0. The van der Waals surface area contributed by atoms with Crippen LogP contribution in [-0.4, -0.2) is 25.5 Å². The van der Waals surface area contributed by atoms with Gasteiger partial charge in [0.1, 0.15) is 0 Å². The normalized spacial score (nSPS) is 33.3. The average molecular weight is 233 g/mol. The molecule has 0 saturated heterocycles. The van der Waals surface area contributed by atoms with E-state index in [9.17, 15) is 8.42 Å². The van der Waals surface area contributed by atoms with Crippen molar-refractivity contribution in [2.75, 3.05) is 6.54 Å². The van der Waals surface area contributed by atoms with Gasteiger partial charge >= 0.3 is 0 Å². The minimum Gasteiger partial charge on any atom is -0.330 e. The van der Waals surface area contributed by atoms with Crippen molar-refractivity contribution in [1.82, 2.24) is 0 Å². The molecule has 0 radical (unpaired) electrons. The van der Waals surface area contributed by atoms with E-state index in [4.69, 9.17) is 5.73 Å². The monoisotopic (exact) mass is 233 g/mol. The van der Waals surface area contributed by atoms with Crippen molar-refractivity contribution >= 4 is 9.84 Å². The molecule has 0 aromatic carbocycles. The standard InChI is InChI=1S/C11H23NO2S/c1-8(2)15(13,14)11-5-4-10(7-12)9(3)6-11/h8-11H,4-7,12H2,1-3H3. The first kappa shape index (κ1) is 13.0. The van der Waals surface area contributed by atoms with Crippen LogP contribution in [0.5, 0.6) is 0 Å². The molecule has 3 nitrogen and oxygen atoms in total. The molecule has 3 unspecified atom stereocenters. The molecule has 4 heteroatoms. The smallest absolute Gasteiger partial charge is 0.155 e. The third-order valence-corrected chi connectivity index (χ3v) is 6.39. The van der Waals surface area contributed by atoms with E-state index in [2.05, 4.69) is 6.92 Å². The molecule has 0 heterocycles. The van der Waals surface area contributed by atoms with Gasteiger partial charge in [-0.1, -0.05) is 6.92 Å². The minimum atomic E-state index is -2.91. The highest BCUT2D eigenvalue weighted by molar-refractivity contribution is 7.92. The highest BCUT2D eigenvalue weighted by Gasteiger charge is 2.35. The zero-order chi connectivity index (χ0) is 11.6. The fraction of sp³-hybridized carbons (Fsp3) is 1.00. The van der Waals surface area contributed by atoms with Crippen LogP contribution in [0.2, 0.25) is 0 Å². The largest absolute Gasteiger partial charge is 0.330 e. The van der Waals surface area contributed by atoms with E-state index in [0.717, 1.165) is 19.3 Å². The molecule has 0 bridgehead atoms. The molecule has 15 heavy (non-hydrogen) atoms. The van der Waals surface area contributed by atoms with Crippen molar-refractivity contribution in [2.24, 2.45) is 17.6 Å². The summed E-state index contributed by atoms with van der Waals surface area (Å²) in [5.74, 6) is 0.964. The van der Waals surface area contributed by atoms with Gasteiger partial charge < -0.3 is 5.73 Å². The van der Waals surface area contributed by atoms with Crippen LogP contribution < -0.4 is 5.73 Å². The molecule has 0 amide bonds. The Kier molecular flexibility index (Phi) is 4.18. The third-order valence-electron chi connectivity index (χ3n) is 3.72. The van der Waals surface area contributed by atoms with Crippen LogP contribution in [0.4, 0.5) is 0 Å². The molecule has 1 rings (SSSR count). The maximum Gasteiger partial charge on any atom is 0.155 e. The van der Waals surface area contributed by atoms with Gasteiger partial charge in [-0.3, -0.25) is 0 Å². The molecule has 1 aliphatic rings. The first-order valence-electron chi connectivity index (χ1n) is 5.82. The lowest BCUT2D eigenvalue weighted by molar-refractivity contribution is 0.264. The van der Waals surface area contributed by atoms with Crippen molar-refractivity contribution in [3.05, 3.63) is 0 Å². The van der Waals surface area contributed by atoms with Gasteiger partial charge in [0, 0.05) is 0 Å². The Balaban J connectivity index is 2.70. The molecule has 0 aliphatic heterocycles. The fourth-order valence-electron chi connectivity index (χ4n) is 2.44. The van der Waals surface area contributed by atoms with Gasteiger partial charge in [0.15, 0.2) is 9.84 Å². The SMILES string of the molecule is CC1CC(S(=O)(=O)C(C)C)CCC1CN. The second-order valence-corrected chi connectivity index (χ2v) is 7.83. The highest BCUT2D eigenvalue weighted by atomic mass is 32.2. The summed E-state index contributed by atoms with van der Waals surface area (Å²) in [5.41, 5.74) is 5.66. The third kappa shape index (κ3) is 2.72. The summed E-state index contributed by atoms with van der Waals surface area (Å²) in [5, 5.41) is -0.376. The summed E-state index contributed by atoms with van der Waals surface area (Å²) in [4.78, 5) is 0. The van der Waals surface area contributed by atoms with Crippen LogP contribution in [0.1, 0.15) is 40.0 Å². The van der Waals surface area contributed by atoms with E-state index in [0.29, 0.717) is 18.4 Å². The van der Waals surface area contributed by atoms with Gasteiger partial charge in [0.05, 0.1) is 10.5 Å². The van der Waals surface area contributed by atoms with Crippen LogP contribution in [0.15, 0.2) is 0 Å². The van der Waals surface area contributed by atoms with Gasteiger partial charge in [-0.15, -0.1) is 0 Å². The van der Waals surface area contributed by atoms with Crippen molar-refractivity contribution in [2.45, 2.75) is 50.5 Å². The Bertz CT molecular complexity index is 298. The van der Waals surface area contributed by atoms with Crippen LogP contribution in [-0.2, 0) is 9.84 Å². The van der Waals surface area contributed by atoms with Crippen LogP contribution in [0, 0.1) is 11.8 Å². The summed E-state index contributed by atoms with van der Waals surface area (Å²) in [7, 11) is -2.91. The van der Waals surface area contributed by atoms with E-state index in [-0.39, 0.29) is 10.5 Å². The predicted molar refractivity (Wildman–Crippen MR) is 63.4 cm³/mol. The van der Waals surface area contributed by atoms with Gasteiger partial charge in [0.2, 0.25) is 0 Å². The zero-order valence-electron chi connectivity index (χ0n) is 9.94. The molecular weight excluding hydrogens is 210 g/mol. The van der Waals surface area contributed by atoms with E-state index < -0.39 is 9.84 Å². The Morgan fingerprint density at radius 2 is 1.93 bits per heavy atom. The number of hydrogen-bond donors (Lipinski definition) is 1. The van der Waals surface area contributed by atoms with Crippen LogP contribution in [0.3, 0.4) is 0 Å². The van der Waals surface area contributed by atoms with Crippen LogP contribution >= 0.6 is 0 Å². The molecule has 0 spiro atoms. The zero-order valence-corrected chi connectivity index (χ0v) is 10.8. The quantitative estimate of drug-likeness (QED) is 0.805. The number of rotatable bonds is 3. The molecule has 3 atom stereocenters. The van der Waals surface area contributed by atoms with Gasteiger partial charge in [0.25, 0.3) is 0 Å². The molecular formula is C11H23NO2S. The van der Waals surface area contributed by atoms with Gasteiger partial charge in [-0.2, -0.15) is 0 Å². The molecule has 90 valence electrons. The van der Waals surface area contributed by atoms with E-state index in [1.807, 2.05) is 0 Å². The topological polar surface area (TPSA) is 60.2 Å². The van der Waals surface area contributed by atoms with Crippen LogP contribution in [0.25, 0.3) is 0 Å². The minimum absolute atomic E-state index is 0.129. The fourth-order valence-corrected chi connectivity index (χ4v) is 4.25. The summed E-state index contributed by atoms with van der Waals surface area (Å²) >= 11 is 0.